The summed E-state index contributed by atoms with van der Waals surface area (Å²) in [5, 5.41) is 4.53. The molecule has 0 saturated heterocycles. The van der Waals surface area contributed by atoms with Crippen molar-refractivity contribution in [1.82, 2.24) is 19.7 Å². The number of nitrogens with zero attached hydrogens (tertiary/aromatic N) is 4. The summed E-state index contributed by atoms with van der Waals surface area (Å²) in [6.45, 7) is 9.34. The zero-order chi connectivity index (χ0) is 20.5. The van der Waals surface area contributed by atoms with E-state index in [0.717, 1.165) is 17.0 Å². The van der Waals surface area contributed by atoms with Gasteiger partial charge in [0.2, 0.25) is 15.9 Å². The number of anilines is 1. The second-order valence-corrected chi connectivity index (χ2v) is 8.46. The maximum Gasteiger partial charge on any atom is 0.232 e. The van der Waals surface area contributed by atoms with E-state index in [4.69, 9.17) is 4.74 Å². The number of nitrogens with one attached hydrogen (secondary N) is 1. The van der Waals surface area contributed by atoms with E-state index in [1.807, 2.05) is 20.8 Å². The number of hydrogen-bond donors (Lipinski definition) is 1. The van der Waals surface area contributed by atoms with Crippen LogP contribution < -0.4 is 9.46 Å². The summed E-state index contributed by atoms with van der Waals surface area (Å²) >= 11 is 0. The minimum absolute atomic E-state index is 0.0139. The van der Waals surface area contributed by atoms with Gasteiger partial charge in [-0.3, -0.25) is 4.72 Å². The summed E-state index contributed by atoms with van der Waals surface area (Å²) in [7, 11) is -3.31. The SMILES string of the molecule is CCS(=O)(=O)Nc1ccc(Oc2cc(-n3nc(C)c(C)c3C)nc(C)n2)cc1. The summed E-state index contributed by atoms with van der Waals surface area (Å²) < 4.78 is 33.4. The summed E-state index contributed by atoms with van der Waals surface area (Å²) in [6.07, 6.45) is 0. The Kier molecular flexibility index (Phi) is 5.37. The van der Waals surface area contributed by atoms with Gasteiger partial charge in [0.15, 0.2) is 5.82 Å². The zero-order valence-electron chi connectivity index (χ0n) is 16.5. The van der Waals surface area contributed by atoms with Crippen molar-refractivity contribution in [1.29, 1.82) is 0 Å². The second kappa shape index (κ2) is 7.59. The van der Waals surface area contributed by atoms with Gasteiger partial charge in [-0.25, -0.2) is 18.1 Å². The van der Waals surface area contributed by atoms with E-state index in [0.29, 0.717) is 29.0 Å². The van der Waals surface area contributed by atoms with Crippen molar-refractivity contribution in [2.45, 2.75) is 34.6 Å². The number of hydrogen-bond acceptors (Lipinski definition) is 6. The van der Waals surface area contributed by atoms with Crippen molar-refractivity contribution in [3.8, 4) is 17.4 Å². The van der Waals surface area contributed by atoms with Crippen LogP contribution in [0.3, 0.4) is 0 Å². The largest absolute Gasteiger partial charge is 0.439 e. The predicted octanol–water partition coefficient (Wildman–Crippen LogP) is 3.45. The minimum atomic E-state index is -3.31. The summed E-state index contributed by atoms with van der Waals surface area (Å²) in [5.74, 6) is 2.12. The fourth-order valence-corrected chi connectivity index (χ4v) is 3.23. The highest BCUT2D eigenvalue weighted by Crippen LogP contribution is 2.24. The average Bonchev–Trinajstić information content (AvgIpc) is 2.90. The molecular formula is C19H23N5O3S. The molecule has 0 aliphatic rings. The molecule has 9 heteroatoms. The van der Waals surface area contributed by atoms with E-state index in [1.165, 1.54) is 0 Å². The predicted molar refractivity (Wildman–Crippen MR) is 108 cm³/mol. The lowest BCUT2D eigenvalue weighted by atomic mass is 10.2. The first-order valence-corrected chi connectivity index (χ1v) is 10.5. The Hall–Kier alpha value is -2.94. The van der Waals surface area contributed by atoms with Crippen molar-refractivity contribution in [3.05, 3.63) is 53.1 Å². The van der Waals surface area contributed by atoms with E-state index in [-0.39, 0.29) is 5.75 Å². The zero-order valence-corrected chi connectivity index (χ0v) is 17.3. The first-order chi connectivity index (χ1) is 13.2. The number of aryl methyl sites for hydroxylation is 2. The third kappa shape index (κ3) is 4.30. The first kappa shape index (κ1) is 19.8. The molecule has 0 fully saturated rings. The first-order valence-electron chi connectivity index (χ1n) is 8.86. The minimum Gasteiger partial charge on any atom is -0.439 e. The molecule has 1 N–H and O–H groups in total. The Labute approximate surface area is 164 Å². The number of sulfonamides is 1. The molecule has 0 aliphatic carbocycles. The van der Waals surface area contributed by atoms with E-state index < -0.39 is 10.0 Å². The van der Waals surface area contributed by atoms with Gasteiger partial charge in [-0.05, 0) is 64.4 Å². The van der Waals surface area contributed by atoms with Crippen LogP contribution in [0.2, 0.25) is 0 Å². The summed E-state index contributed by atoms with van der Waals surface area (Å²) in [6, 6.07) is 8.36. The van der Waals surface area contributed by atoms with Gasteiger partial charge >= 0.3 is 0 Å². The van der Waals surface area contributed by atoms with Crippen molar-refractivity contribution >= 4 is 15.7 Å². The van der Waals surface area contributed by atoms with Gasteiger partial charge in [0, 0.05) is 17.4 Å². The molecule has 0 atom stereocenters. The molecular weight excluding hydrogens is 378 g/mol. The fraction of sp³-hybridized carbons (Fsp3) is 0.316. The van der Waals surface area contributed by atoms with Crippen LogP contribution in [0.25, 0.3) is 5.82 Å². The molecule has 2 heterocycles. The summed E-state index contributed by atoms with van der Waals surface area (Å²) in [5.41, 5.74) is 3.55. The molecule has 0 radical (unpaired) electrons. The van der Waals surface area contributed by atoms with Gasteiger partial charge in [0.1, 0.15) is 11.6 Å². The Morgan fingerprint density at radius 1 is 1.07 bits per heavy atom. The molecule has 0 bridgehead atoms. The maximum absolute atomic E-state index is 11.6. The quantitative estimate of drug-likeness (QED) is 0.679. The number of ether oxygens (including phenoxy) is 1. The number of benzene rings is 1. The van der Waals surface area contributed by atoms with Gasteiger partial charge < -0.3 is 4.74 Å². The van der Waals surface area contributed by atoms with Crippen molar-refractivity contribution in [3.63, 3.8) is 0 Å². The molecule has 8 nitrogen and oxygen atoms in total. The highest BCUT2D eigenvalue weighted by Gasteiger charge is 2.13. The van der Waals surface area contributed by atoms with Crippen LogP contribution >= 0.6 is 0 Å². The van der Waals surface area contributed by atoms with Crippen LogP contribution in [-0.2, 0) is 10.0 Å². The highest BCUT2D eigenvalue weighted by molar-refractivity contribution is 7.92. The monoisotopic (exact) mass is 401 g/mol. The molecule has 0 unspecified atom stereocenters. The van der Waals surface area contributed by atoms with Gasteiger partial charge in [-0.2, -0.15) is 10.1 Å². The normalized spacial score (nSPS) is 11.5. The Bertz CT molecular complexity index is 1110. The van der Waals surface area contributed by atoms with E-state index >= 15 is 0 Å². The molecule has 0 aliphatic heterocycles. The summed E-state index contributed by atoms with van der Waals surface area (Å²) in [4.78, 5) is 8.78. The highest BCUT2D eigenvalue weighted by atomic mass is 32.2. The Morgan fingerprint density at radius 2 is 1.75 bits per heavy atom. The maximum atomic E-state index is 11.6. The molecule has 0 amide bonds. The molecule has 1 aromatic carbocycles. The lowest BCUT2D eigenvalue weighted by Crippen LogP contribution is -2.14. The topological polar surface area (TPSA) is 99.0 Å². The fourth-order valence-electron chi connectivity index (χ4n) is 2.59. The van der Waals surface area contributed by atoms with Gasteiger partial charge in [-0.15, -0.1) is 0 Å². The molecule has 28 heavy (non-hydrogen) atoms. The number of rotatable bonds is 6. The molecule has 2 aromatic heterocycles. The Morgan fingerprint density at radius 3 is 2.32 bits per heavy atom. The molecule has 3 aromatic rings. The van der Waals surface area contributed by atoms with Crippen LogP contribution in [0.1, 0.15) is 29.7 Å². The van der Waals surface area contributed by atoms with E-state index in [1.54, 1.807) is 48.9 Å². The standard InChI is InChI=1S/C19H23N5O3S/c1-6-28(25,26)23-16-7-9-17(10-8-16)27-19-11-18(20-15(5)21-19)24-14(4)12(2)13(3)22-24/h7-11,23H,6H2,1-5H3. The lowest BCUT2D eigenvalue weighted by Gasteiger charge is -2.10. The third-order valence-corrected chi connectivity index (χ3v) is 5.71. The molecule has 148 valence electrons. The van der Waals surface area contributed by atoms with Gasteiger partial charge in [0.05, 0.1) is 11.4 Å². The van der Waals surface area contributed by atoms with E-state index in [2.05, 4.69) is 19.8 Å². The lowest BCUT2D eigenvalue weighted by molar-refractivity contribution is 0.459. The van der Waals surface area contributed by atoms with Crippen molar-refractivity contribution < 1.29 is 13.2 Å². The van der Waals surface area contributed by atoms with Crippen LogP contribution in [0, 0.1) is 27.7 Å². The van der Waals surface area contributed by atoms with Gasteiger partial charge in [0.25, 0.3) is 0 Å². The Balaban J connectivity index is 1.85. The van der Waals surface area contributed by atoms with Crippen molar-refractivity contribution in [2.24, 2.45) is 0 Å². The van der Waals surface area contributed by atoms with Crippen molar-refractivity contribution in [2.75, 3.05) is 10.5 Å². The van der Waals surface area contributed by atoms with Crippen LogP contribution in [0.4, 0.5) is 5.69 Å². The molecule has 0 saturated carbocycles. The third-order valence-electron chi connectivity index (χ3n) is 4.40. The molecule has 0 spiro atoms. The number of aromatic nitrogens is 4. The smallest absolute Gasteiger partial charge is 0.232 e. The van der Waals surface area contributed by atoms with Gasteiger partial charge in [-0.1, -0.05) is 0 Å². The average molecular weight is 401 g/mol. The van der Waals surface area contributed by atoms with Crippen LogP contribution in [0.15, 0.2) is 30.3 Å². The van der Waals surface area contributed by atoms with E-state index in [9.17, 15) is 8.42 Å². The van der Waals surface area contributed by atoms with Crippen LogP contribution in [0.5, 0.6) is 11.6 Å². The second-order valence-electron chi connectivity index (χ2n) is 6.45. The molecule has 3 rings (SSSR count). The van der Waals surface area contributed by atoms with Crippen LogP contribution in [-0.4, -0.2) is 33.9 Å².